The molecule has 0 saturated carbocycles. The van der Waals surface area contributed by atoms with Crippen molar-refractivity contribution >= 4 is 17.7 Å². The summed E-state index contributed by atoms with van der Waals surface area (Å²) in [7, 11) is 3.09. The van der Waals surface area contributed by atoms with E-state index in [4.69, 9.17) is 9.47 Å². The maximum atomic E-state index is 12.0. The van der Waals surface area contributed by atoms with Crippen LogP contribution in [-0.4, -0.2) is 26.2 Å². The van der Waals surface area contributed by atoms with Gasteiger partial charge in [0.25, 0.3) is 5.91 Å². The number of imide groups is 1. The van der Waals surface area contributed by atoms with Gasteiger partial charge < -0.3 is 9.47 Å². The van der Waals surface area contributed by atoms with Gasteiger partial charge in [-0.2, -0.15) is 0 Å². The van der Waals surface area contributed by atoms with Crippen LogP contribution in [0.25, 0.3) is 5.76 Å². The Balaban J connectivity index is 2.48. The highest BCUT2D eigenvalue weighted by molar-refractivity contribution is 6.15. The third-order valence-corrected chi connectivity index (χ3v) is 4.71. The van der Waals surface area contributed by atoms with Crippen LogP contribution in [0.15, 0.2) is 23.9 Å². The Kier molecular flexibility index (Phi) is 7.06. The average molecular weight is 360 g/mol. The highest BCUT2D eigenvalue weighted by Crippen LogP contribution is 2.38. The van der Waals surface area contributed by atoms with Gasteiger partial charge in [0.1, 0.15) is 5.75 Å². The Morgan fingerprint density at radius 2 is 1.88 bits per heavy atom. The molecule has 0 spiro atoms. The van der Waals surface area contributed by atoms with Gasteiger partial charge in [-0.25, -0.2) is 4.79 Å². The van der Waals surface area contributed by atoms with Gasteiger partial charge >= 0.3 is 6.03 Å². The molecule has 2 rings (SSSR count). The second-order valence-electron chi connectivity index (χ2n) is 6.35. The summed E-state index contributed by atoms with van der Waals surface area (Å²) in [6, 6.07) is 5.28. The molecule has 1 fully saturated rings. The van der Waals surface area contributed by atoms with Crippen LogP contribution in [0, 0.1) is 0 Å². The largest absolute Gasteiger partial charge is 0.496 e. The predicted molar refractivity (Wildman–Crippen MR) is 101 cm³/mol. The fraction of sp³-hybridized carbons (Fsp3) is 0.500. The standard InChI is InChI=1S/C20H28N2O4/c1-5-7-8-10-13(6-2)14-11-9-12-15(17(14)25-3)18(26-4)16-19(23)22-20(24)21-16/h9,11-13H,5-8,10H2,1-4H3,(H2,21,22,23,24). The van der Waals surface area contributed by atoms with Gasteiger partial charge in [-0.1, -0.05) is 45.2 Å². The number of benzene rings is 1. The van der Waals surface area contributed by atoms with Gasteiger partial charge in [-0.05, 0) is 30.4 Å². The molecule has 26 heavy (non-hydrogen) atoms. The summed E-state index contributed by atoms with van der Waals surface area (Å²) < 4.78 is 11.2. The van der Waals surface area contributed by atoms with Crippen LogP contribution in [-0.2, 0) is 9.53 Å². The quantitative estimate of drug-likeness (QED) is 0.303. The summed E-state index contributed by atoms with van der Waals surface area (Å²) in [4.78, 5) is 23.5. The Morgan fingerprint density at radius 3 is 2.42 bits per heavy atom. The summed E-state index contributed by atoms with van der Waals surface area (Å²) in [5.41, 5.74) is 1.87. The van der Waals surface area contributed by atoms with E-state index in [-0.39, 0.29) is 5.70 Å². The third-order valence-electron chi connectivity index (χ3n) is 4.71. The predicted octanol–water partition coefficient (Wildman–Crippen LogP) is 3.92. The van der Waals surface area contributed by atoms with Crippen LogP contribution in [0.2, 0.25) is 0 Å². The molecule has 1 aliphatic rings. The number of nitrogens with one attached hydrogen (secondary N) is 2. The van der Waals surface area contributed by atoms with Crippen LogP contribution >= 0.6 is 0 Å². The molecule has 142 valence electrons. The van der Waals surface area contributed by atoms with Crippen molar-refractivity contribution in [1.82, 2.24) is 10.6 Å². The molecule has 1 aromatic carbocycles. The molecule has 1 unspecified atom stereocenters. The number of para-hydroxylation sites is 1. The van der Waals surface area contributed by atoms with E-state index in [1.807, 2.05) is 12.1 Å². The van der Waals surface area contributed by atoms with E-state index in [9.17, 15) is 9.59 Å². The van der Waals surface area contributed by atoms with E-state index in [0.717, 1.165) is 18.4 Å². The molecular formula is C20H28N2O4. The normalized spacial score (nSPS) is 16.8. The zero-order chi connectivity index (χ0) is 19.1. The molecule has 6 nitrogen and oxygen atoms in total. The van der Waals surface area contributed by atoms with E-state index < -0.39 is 11.9 Å². The number of methoxy groups -OCH3 is 2. The van der Waals surface area contributed by atoms with E-state index in [2.05, 4.69) is 30.5 Å². The molecule has 0 radical (unpaired) electrons. The molecule has 1 atom stereocenters. The highest BCUT2D eigenvalue weighted by Gasteiger charge is 2.30. The minimum atomic E-state index is -0.555. The van der Waals surface area contributed by atoms with Crippen molar-refractivity contribution in [3.05, 3.63) is 35.0 Å². The first kappa shape index (κ1) is 19.8. The second-order valence-corrected chi connectivity index (χ2v) is 6.35. The molecule has 6 heteroatoms. The molecule has 1 aromatic rings. The minimum Gasteiger partial charge on any atom is -0.496 e. The number of unbranched alkanes of at least 4 members (excludes halogenated alkanes) is 2. The van der Waals surface area contributed by atoms with Crippen LogP contribution in [0.4, 0.5) is 4.79 Å². The SMILES string of the molecule is CCCCCC(CC)c1cccc(C(OC)=C2NC(=O)NC2=O)c1OC. The number of hydrogen-bond acceptors (Lipinski definition) is 4. The lowest BCUT2D eigenvalue weighted by atomic mass is 9.88. The number of amides is 3. The first-order valence-electron chi connectivity index (χ1n) is 9.15. The average Bonchev–Trinajstić information content (AvgIpc) is 2.97. The van der Waals surface area contributed by atoms with Crippen LogP contribution in [0.3, 0.4) is 0 Å². The summed E-state index contributed by atoms with van der Waals surface area (Å²) in [6.07, 6.45) is 5.64. The molecular weight excluding hydrogens is 332 g/mol. The summed E-state index contributed by atoms with van der Waals surface area (Å²) >= 11 is 0. The maximum Gasteiger partial charge on any atom is 0.326 e. The van der Waals surface area contributed by atoms with Crippen molar-refractivity contribution < 1.29 is 19.1 Å². The van der Waals surface area contributed by atoms with Gasteiger partial charge in [0.05, 0.1) is 19.8 Å². The minimum absolute atomic E-state index is 0.104. The van der Waals surface area contributed by atoms with E-state index in [1.54, 1.807) is 7.11 Å². The molecule has 3 amide bonds. The number of rotatable bonds is 9. The zero-order valence-electron chi connectivity index (χ0n) is 16.0. The van der Waals surface area contributed by atoms with Crippen molar-refractivity contribution in [1.29, 1.82) is 0 Å². The smallest absolute Gasteiger partial charge is 0.326 e. The van der Waals surface area contributed by atoms with Crippen molar-refractivity contribution in [3.63, 3.8) is 0 Å². The van der Waals surface area contributed by atoms with Gasteiger partial charge in [-0.15, -0.1) is 0 Å². The van der Waals surface area contributed by atoms with Crippen LogP contribution in [0.1, 0.15) is 63.0 Å². The van der Waals surface area contributed by atoms with Crippen LogP contribution < -0.4 is 15.4 Å². The fourth-order valence-electron chi connectivity index (χ4n) is 3.38. The zero-order valence-corrected chi connectivity index (χ0v) is 16.0. The third kappa shape index (κ3) is 4.18. The number of urea groups is 1. The number of hydrogen-bond donors (Lipinski definition) is 2. The number of carbonyl (C=O) groups excluding carboxylic acids is 2. The molecule has 0 aliphatic carbocycles. The maximum absolute atomic E-state index is 12.0. The first-order valence-corrected chi connectivity index (χ1v) is 9.15. The Hall–Kier alpha value is -2.50. The van der Waals surface area contributed by atoms with Gasteiger partial charge in [-0.3, -0.25) is 15.4 Å². The molecule has 0 aromatic heterocycles. The molecule has 1 heterocycles. The molecule has 2 N–H and O–H groups in total. The van der Waals surface area contributed by atoms with Crippen molar-refractivity contribution in [2.45, 2.75) is 51.9 Å². The summed E-state index contributed by atoms with van der Waals surface area (Å²) in [5.74, 6) is 0.852. The Bertz CT molecular complexity index is 697. The van der Waals surface area contributed by atoms with Crippen molar-refractivity contribution in [2.75, 3.05) is 14.2 Å². The van der Waals surface area contributed by atoms with Crippen LogP contribution in [0.5, 0.6) is 5.75 Å². The fourth-order valence-corrected chi connectivity index (χ4v) is 3.38. The van der Waals surface area contributed by atoms with Gasteiger partial charge in [0.2, 0.25) is 0 Å². The lowest BCUT2D eigenvalue weighted by molar-refractivity contribution is -0.115. The molecule has 1 aliphatic heterocycles. The summed E-state index contributed by atoms with van der Waals surface area (Å²) in [6.45, 7) is 4.36. The summed E-state index contributed by atoms with van der Waals surface area (Å²) in [5, 5.41) is 4.71. The first-order chi connectivity index (χ1) is 12.6. The van der Waals surface area contributed by atoms with Gasteiger partial charge in [0, 0.05) is 0 Å². The molecule has 0 bridgehead atoms. The Morgan fingerprint density at radius 1 is 1.12 bits per heavy atom. The lowest BCUT2D eigenvalue weighted by Gasteiger charge is -2.21. The van der Waals surface area contributed by atoms with E-state index in [0.29, 0.717) is 23.0 Å². The lowest BCUT2D eigenvalue weighted by Crippen LogP contribution is -2.22. The molecule has 1 saturated heterocycles. The van der Waals surface area contributed by atoms with Crippen molar-refractivity contribution in [2.24, 2.45) is 0 Å². The Labute approximate surface area is 154 Å². The number of ether oxygens (including phenoxy) is 2. The second kappa shape index (κ2) is 9.27. The topological polar surface area (TPSA) is 76.7 Å². The van der Waals surface area contributed by atoms with E-state index >= 15 is 0 Å². The monoisotopic (exact) mass is 360 g/mol. The highest BCUT2D eigenvalue weighted by atomic mass is 16.5. The van der Waals surface area contributed by atoms with E-state index in [1.165, 1.54) is 26.4 Å². The number of carbonyl (C=O) groups is 2. The van der Waals surface area contributed by atoms with Crippen molar-refractivity contribution in [3.8, 4) is 5.75 Å². The van der Waals surface area contributed by atoms with Gasteiger partial charge in [0.15, 0.2) is 11.5 Å².